The first-order valence-electron chi connectivity index (χ1n) is 5.68. The third-order valence-corrected chi connectivity index (χ3v) is 3.25. The van der Waals surface area contributed by atoms with Gasteiger partial charge in [0.25, 0.3) is 0 Å². The molecule has 0 bridgehead atoms. The highest BCUT2D eigenvalue weighted by molar-refractivity contribution is 9.10. The number of benzene rings is 1. The zero-order valence-corrected chi connectivity index (χ0v) is 12.3. The normalized spacial score (nSPS) is 11.2. The Kier molecular flexibility index (Phi) is 4.25. The van der Waals surface area contributed by atoms with Crippen LogP contribution in [-0.2, 0) is 0 Å². The number of nitrogen functional groups attached to an aromatic ring is 1. The van der Waals surface area contributed by atoms with E-state index in [2.05, 4.69) is 55.4 Å². The van der Waals surface area contributed by atoms with E-state index in [4.69, 9.17) is 5.73 Å². The summed E-state index contributed by atoms with van der Waals surface area (Å²) in [5, 5.41) is 0. The second kappa shape index (κ2) is 5.09. The fourth-order valence-corrected chi connectivity index (χ4v) is 2.98. The van der Waals surface area contributed by atoms with E-state index in [0.29, 0.717) is 12.1 Å². The standard InChI is InChI=1S/C13H21BrN2/c1-8(2)16(9(3)4)13-10(5)6-11(15)7-12(13)14/h6-9H,15H2,1-5H3. The van der Waals surface area contributed by atoms with Crippen molar-refractivity contribution in [3.63, 3.8) is 0 Å². The Morgan fingerprint density at radius 2 is 1.62 bits per heavy atom. The molecule has 0 heterocycles. The first kappa shape index (κ1) is 13.4. The van der Waals surface area contributed by atoms with Crippen LogP contribution in [0.3, 0.4) is 0 Å². The van der Waals surface area contributed by atoms with Gasteiger partial charge in [-0.05, 0) is 68.2 Å². The van der Waals surface area contributed by atoms with E-state index < -0.39 is 0 Å². The molecule has 3 heteroatoms. The Hall–Kier alpha value is -0.700. The SMILES string of the molecule is Cc1cc(N)cc(Br)c1N(C(C)C)C(C)C. The van der Waals surface area contributed by atoms with Gasteiger partial charge in [0, 0.05) is 22.2 Å². The van der Waals surface area contributed by atoms with Gasteiger partial charge in [0.1, 0.15) is 0 Å². The molecule has 16 heavy (non-hydrogen) atoms. The molecule has 1 rings (SSSR count). The predicted molar refractivity (Wildman–Crippen MR) is 76.0 cm³/mol. The summed E-state index contributed by atoms with van der Waals surface area (Å²) in [5.41, 5.74) is 9.10. The topological polar surface area (TPSA) is 29.3 Å². The van der Waals surface area contributed by atoms with Crippen molar-refractivity contribution in [1.29, 1.82) is 0 Å². The van der Waals surface area contributed by atoms with Crippen LogP contribution in [0.1, 0.15) is 33.3 Å². The number of halogens is 1. The lowest BCUT2D eigenvalue weighted by atomic mass is 10.1. The zero-order chi connectivity index (χ0) is 12.5. The molecule has 0 saturated carbocycles. The molecular weight excluding hydrogens is 264 g/mol. The molecule has 0 amide bonds. The number of rotatable bonds is 3. The van der Waals surface area contributed by atoms with Gasteiger partial charge >= 0.3 is 0 Å². The van der Waals surface area contributed by atoms with Crippen LogP contribution in [-0.4, -0.2) is 12.1 Å². The minimum absolute atomic E-state index is 0.471. The third kappa shape index (κ3) is 2.70. The van der Waals surface area contributed by atoms with Crippen LogP contribution in [0.25, 0.3) is 0 Å². The summed E-state index contributed by atoms with van der Waals surface area (Å²) < 4.78 is 1.08. The van der Waals surface area contributed by atoms with E-state index in [0.717, 1.165) is 10.2 Å². The minimum atomic E-state index is 0.471. The van der Waals surface area contributed by atoms with Crippen molar-refractivity contribution >= 4 is 27.3 Å². The van der Waals surface area contributed by atoms with Gasteiger partial charge < -0.3 is 10.6 Å². The molecule has 0 aliphatic carbocycles. The molecule has 0 unspecified atom stereocenters. The monoisotopic (exact) mass is 284 g/mol. The van der Waals surface area contributed by atoms with Gasteiger partial charge in [-0.15, -0.1) is 0 Å². The summed E-state index contributed by atoms with van der Waals surface area (Å²) in [7, 11) is 0. The molecule has 0 fully saturated rings. The van der Waals surface area contributed by atoms with Crippen LogP contribution < -0.4 is 10.6 Å². The maximum absolute atomic E-state index is 5.83. The van der Waals surface area contributed by atoms with Crippen molar-refractivity contribution in [3.8, 4) is 0 Å². The lowest BCUT2D eigenvalue weighted by Crippen LogP contribution is -2.37. The van der Waals surface area contributed by atoms with Crippen LogP contribution >= 0.6 is 15.9 Å². The largest absolute Gasteiger partial charge is 0.399 e. The zero-order valence-electron chi connectivity index (χ0n) is 10.7. The van der Waals surface area contributed by atoms with Crippen LogP contribution in [0, 0.1) is 6.92 Å². The highest BCUT2D eigenvalue weighted by Gasteiger charge is 2.19. The summed E-state index contributed by atoms with van der Waals surface area (Å²) in [5.74, 6) is 0. The molecule has 0 atom stereocenters. The Morgan fingerprint density at radius 1 is 1.12 bits per heavy atom. The molecule has 0 aliphatic rings. The Bertz CT molecular complexity index is 341. The summed E-state index contributed by atoms with van der Waals surface area (Å²) in [4.78, 5) is 2.40. The van der Waals surface area contributed by atoms with Crippen LogP contribution in [0.2, 0.25) is 0 Å². The average Bonchev–Trinajstić information content (AvgIpc) is 2.09. The molecule has 1 aromatic carbocycles. The predicted octanol–water partition coefficient (Wildman–Crippen LogP) is 3.96. The third-order valence-electron chi connectivity index (χ3n) is 2.65. The van der Waals surface area contributed by atoms with Crippen LogP contribution in [0.15, 0.2) is 16.6 Å². The number of hydrogen-bond acceptors (Lipinski definition) is 2. The molecule has 2 N–H and O–H groups in total. The van der Waals surface area contributed by atoms with E-state index in [1.54, 1.807) is 0 Å². The van der Waals surface area contributed by atoms with Crippen molar-refractivity contribution in [2.75, 3.05) is 10.6 Å². The number of nitrogens with two attached hydrogens (primary N) is 1. The van der Waals surface area contributed by atoms with Crippen molar-refractivity contribution in [2.24, 2.45) is 0 Å². The molecule has 2 nitrogen and oxygen atoms in total. The van der Waals surface area contributed by atoms with Crippen LogP contribution in [0.5, 0.6) is 0 Å². The van der Waals surface area contributed by atoms with E-state index in [9.17, 15) is 0 Å². The first-order valence-corrected chi connectivity index (χ1v) is 6.47. The molecule has 0 aromatic heterocycles. The average molecular weight is 285 g/mol. The minimum Gasteiger partial charge on any atom is -0.399 e. The smallest absolute Gasteiger partial charge is 0.0546 e. The second-order valence-electron chi connectivity index (χ2n) is 4.76. The Labute approximate surface area is 107 Å². The maximum Gasteiger partial charge on any atom is 0.0546 e. The maximum atomic E-state index is 5.83. The highest BCUT2D eigenvalue weighted by atomic mass is 79.9. The fourth-order valence-electron chi connectivity index (χ4n) is 2.20. The fraction of sp³-hybridized carbons (Fsp3) is 0.538. The lowest BCUT2D eigenvalue weighted by molar-refractivity contribution is 0.605. The van der Waals surface area contributed by atoms with Gasteiger partial charge in [0.2, 0.25) is 0 Å². The Morgan fingerprint density at radius 3 is 2.00 bits per heavy atom. The molecule has 1 aromatic rings. The summed E-state index contributed by atoms with van der Waals surface area (Å²) >= 11 is 3.61. The lowest BCUT2D eigenvalue weighted by Gasteiger charge is -2.35. The highest BCUT2D eigenvalue weighted by Crippen LogP contribution is 2.34. The number of nitrogens with zero attached hydrogens (tertiary/aromatic N) is 1. The number of anilines is 2. The van der Waals surface area contributed by atoms with Gasteiger partial charge in [-0.3, -0.25) is 0 Å². The molecule has 0 spiro atoms. The molecular formula is C13H21BrN2. The van der Waals surface area contributed by atoms with Crippen molar-refractivity contribution in [1.82, 2.24) is 0 Å². The van der Waals surface area contributed by atoms with Gasteiger partial charge in [-0.2, -0.15) is 0 Å². The van der Waals surface area contributed by atoms with Crippen molar-refractivity contribution in [2.45, 2.75) is 46.7 Å². The Balaban J connectivity index is 3.29. The van der Waals surface area contributed by atoms with E-state index in [-0.39, 0.29) is 0 Å². The van der Waals surface area contributed by atoms with E-state index in [1.807, 2.05) is 12.1 Å². The van der Waals surface area contributed by atoms with Crippen molar-refractivity contribution < 1.29 is 0 Å². The molecule has 0 saturated heterocycles. The number of aryl methyl sites for hydroxylation is 1. The van der Waals surface area contributed by atoms with Gasteiger partial charge in [0.05, 0.1) is 5.69 Å². The van der Waals surface area contributed by atoms with Crippen molar-refractivity contribution in [3.05, 3.63) is 22.2 Å². The van der Waals surface area contributed by atoms with Crippen LogP contribution in [0.4, 0.5) is 11.4 Å². The van der Waals surface area contributed by atoms with Gasteiger partial charge in [-0.1, -0.05) is 0 Å². The summed E-state index contributed by atoms with van der Waals surface area (Å²) in [6.45, 7) is 10.9. The second-order valence-corrected chi connectivity index (χ2v) is 5.62. The molecule has 90 valence electrons. The molecule has 0 aliphatic heterocycles. The van der Waals surface area contributed by atoms with E-state index >= 15 is 0 Å². The number of hydrogen-bond donors (Lipinski definition) is 1. The van der Waals surface area contributed by atoms with E-state index in [1.165, 1.54) is 11.3 Å². The summed E-state index contributed by atoms with van der Waals surface area (Å²) in [6, 6.07) is 4.94. The summed E-state index contributed by atoms with van der Waals surface area (Å²) in [6.07, 6.45) is 0. The van der Waals surface area contributed by atoms with Gasteiger partial charge in [-0.25, -0.2) is 0 Å². The van der Waals surface area contributed by atoms with Gasteiger partial charge in [0.15, 0.2) is 0 Å². The molecule has 0 radical (unpaired) electrons. The quantitative estimate of drug-likeness (QED) is 0.852. The first-order chi connectivity index (χ1) is 7.34.